The van der Waals surface area contributed by atoms with Crippen molar-refractivity contribution in [3.8, 4) is 5.75 Å². The zero-order valence-corrected chi connectivity index (χ0v) is 15.3. The van der Waals surface area contributed by atoms with Gasteiger partial charge in [-0.3, -0.25) is 4.90 Å². The number of benzene rings is 2. The van der Waals surface area contributed by atoms with Crippen molar-refractivity contribution < 1.29 is 4.74 Å². The smallest absolute Gasteiger partial charge is 0.188 e. The van der Waals surface area contributed by atoms with E-state index in [0.29, 0.717) is 16.5 Å². The molecule has 1 aliphatic carbocycles. The number of rotatable bonds is 3. The Morgan fingerprint density at radius 1 is 1.23 bits per heavy atom. The molecule has 2 aromatic rings. The molecule has 4 nitrogen and oxygen atoms in total. The molecule has 1 saturated heterocycles. The summed E-state index contributed by atoms with van der Waals surface area (Å²) in [5, 5.41) is 0.483. The maximum absolute atomic E-state index is 7.12. The van der Waals surface area contributed by atoms with E-state index in [0.717, 1.165) is 32.4 Å². The molecule has 26 heavy (non-hydrogen) atoms. The minimum absolute atomic E-state index is 0.0761. The summed E-state index contributed by atoms with van der Waals surface area (Å²) in [7, 11) is 0. The van der Waals surface area contributed by atoms with E-state index in [4.69, 9.17) is 28.6 Å². The van der Waals surface area contributed by atoms with Crippen LogP contribution in [0.1, 0.15) is 30.1 Å². The Labute approximate surface area is 159 Å². The molecule has 0 radical (unpaired) electrons. The van der Waals surface area contributed by atoms with Gasteiger partial charge < -0.3 is 10.5 Å². The van der Waals surface area contributed by atoms with E-state index in [1.165, 1.54) is 11.1 Å². The minimum Gasteiger partial charge on any atom is -0.483 e. The van der Waals surface area contributed by atoms with Gasteiger partial charge in [0.05, 0.1) is 17.6 Å². The van der Waals surface area contributed by atoms with Crippen LogP contribution >= 0.6 is 11.6 Å². The summed E-state index contributed by atoms with van der Waals surface area (Å²) in [4.78, 5) is 5.90. The van der Waals surface area contributed by atoms with Crippen LogP contribution in [-0.2, 0) is 6.42 Å². The molecule has 2 N–H and O–H groups in total. The molecule has 0 aromatic heterocycles. The first kappa shape index (κ1) is 17.4. The summed E-state index contributed by atoms with van der Waals surface area (Å²) in [6.45, 7) is 9.08. The van der Waals surface area contributed by atoms with Gasteiger partial charge in [-0.15, -0.1) is 0 Å². The van der Waals surface area contributed by atoms with Crippen molar-refractivity contribution in [1.82, 2.24) is 4.90 Å². The molecule has 1 fully saturated rings. The van der Waals surface area contributed by atoms with E-state index in [2.05, 4.69) is 34.0 Å². The lowest BCUT2D eigenvalue weighted by atomic mass is 10.0. The SMILES string of the molecule is [C-]#[N+]c1ccc(O[C@@H]2c3ccccc3C[C@H]2N2CCC[C@@H](N)C2)c(Cl)c1. The van der Waals surface area contributed by atoms with Gasteiger partial charge in [0.1, 0.15) is 11.9 Å². The predicted octanol–water partition coefficient (Wildman–Crippen LogP) is 4.36. The normalized spacial score (nSPS) is 25.5. The summed E-state index contributed by atoms with van der Waals surface area (Å²) in [5.41, 5.74) is 9.29. The van der Waals surface area contributed by atoms with E-state index < -0.39 is 0 Å². The predicted molar refractivity (Wildman–Crippen MR) is 104 cm³/mol. The first-order chi connectivity index (χ1) is 12.7. The van der Waals surface area contributed by atoms with Crippen LogP contribution in [0, 0.1) is 6.57 Å². The number of hydrogen-bond acceptors (Lipinski definition) is 3. The van der Waals surface area contributed by atoms with E-state index in [-0.39, 0.29) is 18.2 Å². The van der Waals surface area contributed by atoms with Gasteiger partial charge in [0.2, 0.25) is 0 Å². The lowest BCUT2D eigenvalue weighted by Gasteiger charge is -2.38. The van der Waals surface area contributed by atoms with Crippen LogP contribution in [-0.4, -0.2) is 30.1 Å². The quantitative estimate of drug-likeness (QED) is 0.820. The third-order valence-electron chi connectivity index (χ3n) is 5.40. The highest BCUT2D eigenvalue weighted by atomic mass is 35.5. The fraction of sp³-hybridized carbons (Fsp3) is 0.381. The van der Waals surface area contributed by atoms with Crippen LogP contribution in [0.3, 0.4) is 0 Å². The lowest BCUT2D eigenvalue weighted by Crippen LogP contribution is -2.49. The molecule has 2 aromatic carbocycles. The third kappa shape index (κ3) is 3.31. The highest BCUT2D eigenvalue weighted by Crippen LogP contribution is 2.41. The summed E-state index contributed by atoms with van der Waals surface area (Å²) >= 11 is 6.37. The molecule has 0 unspecified atom stereocenters. The highest BCUT2D eigenvalue weighted by Gasteiger charge is 2.39. The topological polar surface area (TPSA) is 42.8 Å². The highest BCUT2D eigenvalue weighted by molar-refractivity contribution is 6.32. The van der Waals surface area contributed by atoms with Crippen molar-refractivity contribution >= 4 is 17.3 Å². The van der Waals surface area contributed by atoms with E-state index in [1.54, 1.807) is 18.2 Å². The standard InChI is InChI=1S/C21H22ClN3O/c1-24-16-8-9-20(18(22)12-16)26-21-17-7-3-2-5-14(17)11-19(21)25-10-4-6-15(23)13-25/h2-3,5,7-9,12,15,19,21H,4,6,10-11,13,23H2/t15-,19-,21-/m1/s1. The Kier molecular flexibility index (Phi) is 4.86. The molecule has 0 spiro atoms. The van der Waals surface area contributed by atoms with Crippen molar-refractivity contribution in [3.63, 3.8) is 0 Å². The molecular formula is C21H22ClN3O. The number of fused-ring (bicyclic) bond motifs is 1. The van der Waals surface area contributed by atoms with Crippen LogP contribution in [0.4, 0.5) is 5.69 Å². The zero-order chi connectivity index (χ0) is 18.1. The van der Waals surface area contributed by atoms with Crippen molar-refractivity contribution in [3.05, 3.63) is 70.0 Å². The van der Waals surface area contributed by atoms with E-state index in [1.807, 2.05) is 0 Å². The first-order valence-electron chi connectivity index (χ1n) is 9.07. The largest absolute Gasteiger partial charge is 0.483 e. The fourth-order valence-corrected chi connectivity index (χ4v) is 4.35. The molecule has 0 amide bonds. The Morgan fingerprint density at radius 2 is 2.08 bits per heavy atom. The van der Waals surface area contributed by atoms with Crippen LogP contribution < -0.4 is 10.5 Å². The number of halogens is 1. The number of nitrogens with two attached hydrogens (primary N) is 1. The molecule has 134 valence electrons. The van der Waals surface area contributed by atoms with Crippen molar-refractivity contribution in [2.45, 2.75) is 37.5 Å². The molecule has 1 aliphatic heterocycles. The second-order valence-corrected chi connectivity index (χ2v) is 7.54. The van der Waals surface area contributed by atoms with E-state index >= 15 is 0 Å². The Balaban J connectivity index is 1.64. The van der Waals surface area contributed by atoms with Crippen LogP contribution in [0.5, 0.6) is 5.75 Å². The molecule has 0 saturated carbocycles. The molecular weight excluding hydrogens is 346 g/mol. The maximum atomic E-state index is 7.12. The number of hydrogen-bond donors (Lipinski definition) is 1. The average molecular weight is 368 g/mol. The monoisotopic (exact) mass is 367 g/mol. The summed E-state index contributed by atoms with van der Waals surface area (Å²) < 4.78 is 6.42. The van der Waals surface area contributed by atoms with E-state index in [9.17, 15) is 0 Å². The Hall–Kier alpha value is -2.06. The number of piperidine rings is 1. The third-order valence-corrected chi connectivity index (χ3v) is 5.69. The van der Waals surface area contributed by atoms with Gasteiger partial charge >= 0.3 is 0 Å². The van der Waals surface area contributed by atoms with Gasteiger partial charge in [0.25, 0.3) is 0 Å². The summed E-state index contributed by atoms with van der Waals surface area (Å²) in [5.74, 6) is 0.632. The maximum Gasteiger partial charge on any atom is 0.188 e. The molecule has 5 heteroatoms. The lowest BCUT2D eigenvalue weighted by molar-refractivity contribution is 0.0594. The Bertz CT molecular complexity index is 847. The summed E-state index contributed by atoms with van der Waals surface area (Å²) in [6.07, 6.45) is 3.10. The molecule has 4 rings (SSSR count). The summed E-state index contributed by atoms with van der Waals surface area (Å²) in [6, 6.07) is 14.2. The van der Waals surface area contributed by atoms with Gasteiger partial charge in [0, 0.05) is 12.6 Å². The van der Waals surface area contributed by atoms with Gasteiger partial charge in [-0.25, -0.2) is 4.85 Å². The second kappa shape index (κ2) is 7.28. The molecule has 2 aliphatic rings. The number of ether oxygens (including phenoxy) is 1. The zero-order valence-electron chi connectivity index (χ0n) is 14.6. The number of likely N-dealkylation sites (tertiary alicyclic amines) is 1. The molecule has 1 heterocycles. The van der Waals surface area contributed by atoms with Crippen molar-refractivity contribution in [2.75, 3.05) is 13.1 Å². The fourth-order valence-electron chi connectivity index (χ4n) is 4.13. The van der Waals surface area contributed by atoms with Crippen LogP contribution in [0.15, 0.2) is 42.5 Å². The molecule has 0 bridgehead atoms. The van der Waals surface area contributed by atoms with Crippen molar-refractivity contribution in [1.29, 1.82) is 0 Å². The number of nitrogens with zero attached hydrogens (tertiary/aromatic N) is 2. The molecule has 3 atom stereocenters. The average Bonchev–Trinajstić information content (AvgIpc) is 3.02. The second-order valence-electron chi connectivity index (χ2n) is 7.13. The van der Waals surface area contributed by atoms with Gasteiger partial charge in [0.15, 0.2) is 5.69 Å². The minimum atomic E-state index is -0.0761. The van der Waals surface area contributed by atoms with Gasteiger partial charge in [-0.2, -0.15) is 0 Å². The van der Waals surface area contributed by atoms with Crippen LogP contribution in [0.2, 0.25) is 5.02 Å². The van der Waals surface area contributed by atoms with Gasteiger partial charge in [-0.1, -0.05) is 41.9 Å². The van der Waals surface area contributed by atoms with Crippen LogP contribution in [0.25, 0.3) is 4.85 Å². The van der Waals surface area contributed by atoms with Gasteiger partial charge in [-0.05, 0) is 49.1 Å². The van der Waals surface area contributed by atoms with Crippen molar-refractivity contribution in [2.24, 2.45) is 5.73 Å². The Morgan fingerprint density at radius 3 is 2.85 bits per heavy atom. The first-order valence-corrected chi connectivity index (χ1v) is 9.44.